The molecule has 1 aromatic carbocycles. The Labute approximate surface area is 143 Å². The molecule has 0 saturated carbocycles. The van der Waals surface area contributed by atoms with E-state index < -0.39 is 0 Å². The second-order valence-electron chi connectivity index (χ2n) is 5.59. The summed E-state index contributed by atoms with van der Waals surface area (Å²) < 4.78 is 1.80. The molecule has 1 amide bonds. The van der Waals surface area contributed by atoms with E-state index in [9.17, 15) is 4.79 Å². The van der Waals surface area contributed by atoms with E-state index in [1.54, 1.807) is 15.6 Å². The van der Waals surface area contributed by atoms with E-state index in [1.807, 2.05) is 38.2 Å². The highest BCUT2D eigenvalue weighted by atomic mass is 35.5. The molecule has 0 bridgehead atoms. The Hall–Kier alpha value is -1.85. The van der Waals surface area contributed by atoms with Crippen molar-refractivity contribution in [2.45, 2.75) is 26.3 Å². The maximum absolute atomic E-state index is 12.6. The van der Waals surface area contributed by atoms with Gasteiger partial charge in [-0.1, -0.05) is 30.3 Å². The minimum absolute atomic E-state index is 0. The van der Waals surface area contributed by atoms with Gasteiger partial charge in [0.1, 0.15) is 5.69 Å². The summed E-state index contributed by atoms with van der Waals surface area (Å²) in [5.41, 5.74) is 7.34. The van der Waals surface area contributed by atoms with Crippen LogP contribution in [-0.2, 0) is 6.42 Å². The van der Waals surface area contributed by atoms with Gasteiger partial charge in [-0.25, -0.2) is 0 Å². The standard InChI is InChI=1S/C17H24N4O.ClH/c1-14(2)21-12-9-16(19-21)17(22)20(13-10-18)11-8-15-6-4-3-5-7-15;/h3-7,9,12,14H,8,10-11,13,18H2,1-2H3;1H. The maximum Gasteiger partial charge on any atom is 0.274 e. The molecule has 6 heteroatoms. The lowest BCUT2D eigenvalue weighted by molar-refractivity contribution is 0.0755. The van der Waals surface area contributed by atoms with Gasteiger partial charge in [0.15, 0.2) is 0 Å². The summed E-state index contributed by atoms with van der Waals surface area (Å²) in [5, 5.41) is 4.35. The van der Waals surface area contributed by atoms with Gasteiger partial charge >= 0.3 is 0 Å². The lowest BCUT2D eigenvalue weighted by Crippen LogP contribution is -2.37. The lowest BCUT2D eigenvalue weighted by Gasteiger charge is -2.21. The smallest absolute Gasteiger partial charge is 0.274 e. The van der Waals surface area contributed by atoms with Crippen LogP contribution in [0.2, 0.25) is 0 Å². The minimum Gasteiger partial charge on any atom is -0.336 e. The minimum atomic E-state index is -0.0548. The highest BCUT2D eigenvalue weighted by Crippen LogP contribution is 2.08. The highest BCUT2D eigenvalue weighted by molar-refractivity contribution is 5.92. The summed E-state index contributed by atoms with van der Waals surface area (Å²) in [7, 11) is 0. The molecule has 0 atom stereocenters. The fraction of sp³-hybridized carbons (Fsp3) is 0.412. The predicted molar refractivity (Wildman–Crippen MR) is 95.0 cm³/mol. The monoisotopic (exact) mass is 336 g/mol. The number of hydrogen-bond acceptors (Lipinski definition) is 3. The molecule has 0 aliphatic carbocycles. The number of carbonyl (C=O) groups excluding carboxylic acids is 1. The molecule has 2 N–H and O–H groups in total. The summed E-state index contributed by atoms with van der Waals surface area (Å²) >= 11 is 0. The Morgan fingerprint density at radius 2 is 1.91 bits per heavy atom. The zero-order valence-corrected chi connectivity index (χ0v) is 14.5. The number of amides is 1. The quantitative estimate of drug-likeness (QED) is 0.845. The van der Waals surface area contributed by atoms with Crippen molar-refractivity contribution in [3.8, 4) is 0 Å². The fourth-order valence-electron chi connectivity index (χ4n) is 2.28. The van der Waals surface area contributed by atoms with Gasteiger partial charge in [-0.2, -0.15) is 5.10 Å². The van der Waals surface area contributed by atoms with Crippen molar-refractivity contribution in [1.82, 2.24) is 14.7 Å². The van der Waals surface area contributed by atoms with Crippen LogP contribution in [0.1, 0.15) is 35.9 Å². The Morgan fingerprint density at radius 1 is 1.22 bits per heavy atom. The summed E-state index contributed by atoms with van der Waals surface area (Å²) in [6.07, 6.45) is 2.66. The first kappa shape index (κ1) is 19.2. The van der Waals surface area contributed by atoms with Crippen molar-refractivity contribution < 1.29 is 4.79 Å². The van der Waals surface area contributed by atoms with Crippen molar-refractivity contribution in [2.75, 3.05) is 19.6 Å². The molecule has 0 fully saturated rings. The molecule has 1 aromatic heterocycles. The second kappa shape index (κ2) is 9.33. The van der Waals surface area contributed by atoms with Gasteiger partial charge in [0.05, 0.1) is 0 Å². The lowest BCUT2D eigenvalue weighted by atomic mass is 10.1. The molecule has 0 radical (unpaired) electrons. The van der Waals surface area contributed by atoms with Crippen molar-refractivity contribution in [3.63, 3.8) is 0 Å². The SMILES string of the molecule is CC(C)n1ccc(C(=O)N(CCN)CCc2ccccc2)n1.Cl. The van der Waals surface area contributed by atoms with Crippen LogP contribution in [-0.4, -0.2) is 40.2 Å². The fourth-order valence-corrected chi connectivity index (χ4v) is 2.28. The molecule has 2 rings (SSSR count). The number of benzene rings is 1. The molecule has 2 aromatic rings. The van der Waals surface area contributed by atoms with E-state index in [-0.39, 0.29) is 24.4 Å². The third-order valence-corrected chi connectivity index (χ3v) is 3.56. The van der Waals surface area contributed by atoms with E-state index in [2.05, 4.69) is 17.2 Å². The Kier molecular flexibility index (Phi) is 7.78. The van der Waals surface area contributed by atoms with Crippen LogP contribution in [0.5, 0.6) is 0 Å². The number of nitrogens with zero attached hydrogens (tertiary/aromatic N) is 3. The number of carbonyl (C=O) groups is 1. The molecule has 23 heavy (non-hydrogen) atoms. The van der Waals surface area contributed by atoms with Gasteiger partial charge < -0.3 is 10.6 Å². The number of rotatable bonds is 7. The van der Waals surface area contributed by atoms with Crippen molar-refractivity contribution in [2.24, 2.45) is 5.73 Å². The van der Waals surface area contributed by atoms with Gasteiger partial charge in [-0.05, 0) is 31.9 Å². The Bertz CT molecular complexity index is 598. The number of halogens is 1. The van der Waals surface area contributed by atoms with Crippen LogP contribution >= 0.6 is 12.4 Å². The van der Waals surface area contributed by atoms with Crippen molar-refractivity contribution >= 4 is 18.3 Å². The zero-order valence-electron chi connectivity index (χ0n) is 13.7. The molecule has 5 nitrogen and oxygen atoms in total. The van der Waals surface area contributed by atoms with E-state index in [0.29, 0.717) is 25.3 Å². The third kappa shape index (κ3) is 5.37. The average Bonchev–Trinajstić information content (AvgIpc) is 3.02. The molecule has 0 aliphatic rings. The second-order valence-corrected chi connectivity index (χ2v) is 5.59. The summed E-state index contributed by atoms with van der Waals surface area (Å²) in [6.45, 7) is 5.71. The van der Waals surface area contributed by atoms with E-state index in [0.717, 1.165) is 6.42 Å². The predicted octanol–water partition coefficient (Wildman–Crippen LogP) is 2.53. The number of hydrogen-bond donors (Lipinski definition) is 1. The van der Waals surface area contributed by atoms with Crippen LogP contribution in [0, 0.1) is 0 Å². The van der Waals surface area contributed by atoms with Crippen LogP contribution < -0.4 is 5.73 Å². The van der Waals surface area contributed by atoms with Gasteiger partial charge in [-0.15, -0.1) is 12.4 Å². The molecule has 126 valence electrons. The molecule has 1 heterocycles. The average molecular weight is 337 g/mol. The normalized spacial score (nSPS) is 10.4. The van der Waals surface area contributed by atoms with Gasteiger partial charge in [0, 0.05) is 31.9 Å². The summed E-state index contributed by atoms with van der Waals surface area (Å²) in [4.78, 5) is 14.4. The molecule has 0 aliphatic heterocycles. The van der Waals surface area contributed by atoms with Crippen molar-refractivity contribution in [3.05, 3.63) is 53.9 Å². The molecular weight excluding hydrogens is 312 g/mol. The third-order valence-electron chi connectivity index (χ3n) is 3.56. The first-order chi connectivity index (χ1) is 10.6. The van der Waals surface area contributed by atoms with Gasteiger partial charge in [-0.3, -0.25) is 9.48 Å². The molecular formula is C17H25ClN4O. The van der Waals surface area contributed by atoms with E-state index >= 15 is 0 Å². The van der Waals surface area contributed by atoms with Crippen LogP contribution in [0.25, 0.3) is 0 Å². The molecule has 0 saturated heterocycles. The van der Waals surface area contributed by atoms with Crippen LogP contribution in [0.15, 0.2) is 42.6 Å². The zero-order chi connectivity index (χ0) is 15.9. The highest BCUT2D eigenvalue weighted by Gasteiger charge is 2.18. The first-order valence-electron chi connectivity index (χ1n) is 7.70. The Balaban J connectivity index is 0.00000264. The number of aromatic nitrogens is 2. The largest absolute Gasteiger partial charge is 0.336 e. The van der Waals surface area contributed by atoms with Gasteiger partial charge in [0.2, 0.25) is 0 Å². The summed E-state index contributed by atoms with van der Waals surface area (Å²) in [5.74, 6) is -0.0548. The van der Waals surface area contributed by atoms with E-state index in [4.69, 9.17) is 5.73 Å². The summed E-state index contributed by atoms with van der Waals surface area (Å²) in [6, 6.07) is 12.2. The van der Waals surface area contributed by atoms with Crippen LogP contribution in [0.4, 0.5) is 0 Å². The van der Waals surface area contributed by atoms with Gasteiger partial charge in [0.25, 0.3) is 5.91 Å². The topological polar surface area (TPSA) is 64.2 Å². The first-order valence-corrected chi connectivity index (χ1v) is 7.70. The molecule has 0 unspecified atom stereocenters. The maximum atomic E-state index is 12.6. The Morgan fingerprint density at radius 3 is 2.48 bits per heavy atom. The molecule has 0 spiro atoms. The number of nitrogens with two attached hydrogens (primary N) is 1. The van der Waals surface area contributed by atoms with Crippen molar-refractivity contribution in [1.29, 1.82) is 0 Å². The van der Waals surface area contributed by atoms with Crippen LogP contribution in [0.3, 0.4) is 0 Å². The van der Waals surface area contributed by atoms with E-state index in [1.165, 1.54) is 5.56 Å².